The number of amides is 1. The van der Waals surface area contributed by atoms with Gasteiger partial charge in [0.05, 0.1) is 18.2 Å². The average molecular weight is 277 g/mol. The minimum absolute atomic E-state index is 0.162. The van der Waals surface area contributed by atoms with Gasteiger partial charge in [-0.25, -0.2) is 4.39 Å². The van der Waals surface area contributed by atoms with Crippen molar-refractivity contribution in [3.05, 3.63) is 51.5 Å². The van der Waals surface area contributed by atoms with E-state index in [4.69, 9.17) is 0 Å². The van der Waals surface area contributed by atoms with Crippen LogP contribution >= 0.6 is 11.3 Å². The standard InChI is InChI=1S/C14H12FNO2S/c15-9-4-8-5-13(18)16-14(8)11(6-9)12(17)7-10-2-1-3-19-10/h1-4,6,12,17H,5,7H2,(H,16,18). The number of aliphatic hydroxyl groups is 1. The Labute approximate surface area is 113 Å². The largest absolute Gasteiger partial charge is 0.388 e. The number of nitrogens with one attached hydrogen (secondary N) is 1. The number of aliphatic hydroxyl groups excluding tert-OH is 1. The molecule has 0 radical (unpaired) electrons. The molecule has 1 amide bonds. The van der Waals surface area contributed by atoms with Crippen molar-refractivity contribution in [1.82, 2.24) is 0 Å². The maximum atomic E-state index is 13.5. The summed E-state index contributed by atoms with van der Waals surface area (Å²) in [5.74, 6) is -0.583. The van der Waals surface area contributed by atoms with Crippen molar-refractivity contribution < 1.29 is 14.3 Å². The number of benzene rings is 1. The lowest BCUT2D eigenvalue weighted by Gasteiger charge is -2.14. The van der Waals surface area contributed by atoms with E-state index in [2.05, 4.69) is 5.32 Å². The molecule has 0 spiro atoms. The smallest absolute Gasteiger partial charge is 0.228 e. The van der Waals surface area contributed by atoms with E-state index in [-0.39, 0.29) is 12.3 Å². The molecule has 0 fully saturated rings. The third kappa shape index (κ3) is 2.39. The summed E-state index contributed by atoms with van der Waals surface area (Å²) in [7, 11) is 0. The van der Waals surface area contributed by atoms with Crippen molar-refractivity contribution in [2.75, 3.05) is 5.32 Å². The lowest BCUT2D eigenvalue weighted by Crippen LogP contribution is -2.08. The number of hydrogen-bond acceptors (Lipinski definition) is 3. The number of rotatable bonds is 3. The normalized spacial score (nSPS) is 15.2. The van der Waals surface area contributed by atoms with Crippen molar-refractivity contribution in [1.29, 1.82) is 0 Å². The lowest BCUT2D eigenvalue weighted by molar-refractivity contribution is -0.115. The molecule has 2 N–H and O–H groups in total. The topological polar surface area (TPSA) is 49.3 Å². The highest BCUT2D eigenvalue weighted by atomic mass is 32.1. The van der Waals surface area contributed by atoms with Crippen molar-refractivity contribution in [3.8, 4) is 0 Å². The Balaban J connectivity index is 1.94. The van der Waals surface area contributed by atoms with Crippen LogP contribution in [0.2, 0.25) is 0 Å². The van der Waals surface area contributed by atoms with Gasteiger partial charge in [-0.15, -0.1) is 11.3 Å². The van der Waals surface area contributed by atoms with Crippen molar-refractivity contribution in [2.45, 2.75) is 18.9 Å². The van der Waals surface area contributed by atoms with Crippen LogP contribution in [0, 0.1) is 5.82 Å². The highest BCUT2D eigenvalue weighted by Crippen LogP contribution is 2.34. The summed E-state index contributed by atoms with van der Waals surface area (Å²) in [6, 6.07) is 6.47. The van der Waals surface area contributed by atoms with Gasteiger partial charge in [0, 0.05) is 16.9 Å². The summed E-state index contributed by atoms with van der Waals surface area (Å²) >= 11 is 1.54. The Morgan fingerprint density at radius 2 is 2.32 bits per heavy atom. The molecule has 0 saturated carbocycles. The Morgan fingerprint density at radius 3 is 3.05 bits per heavy atom. The first kappa shape index (κ1) is 12.3. The summed E-state index contributed by atoms with van der Waals surface area (Å²) in [4.78, 5) is 12.4. The molecule has 1 aromatic carbocycles. The minimum Gasteiger partial charge on any atom is -0.388 e. The van der Waals surface area contributed by atoms with Crippen LogP contribution in [-0.4, -0.2) is 11.0 Å². The maximum absolute atomic E-state index is 13.5. The van der Waals surface area contributed by atoms with E-state index in [9.17, 15) is 14.3 Å². The van der Waals surface area contributed by atoms with Gasteiger partial charge >= 0.3 is 0 Å². The van der Waals surface area contributed by atoms with E-state index in [0.717, 1.165) is 4.88 Å². The monoisotopic (exact) mass is 277 g/mol. The minimum atomic E-state index is -0.818. The Morgan fingerprint density at radius 1 is 1.47 bits per heavy atom. The summed E-state index contributed by atoms with van der Waals surface area (Å²) in [5.41, 5.74) is 1.63. The van der Waals surface area contributed by atoms with Gasteiger partial charge in [0.2, 0.25) is 5.91 Å². The highest BCUT2D eigenvalue weighted by Gasteiger charge is 2.25. The van der Waals surface area contributed by atoms with E-state index in [1.54, 1.807) is 11.3 Å². The number of hydrogen-bond donors (Lipinski definition) is 2. The van der Waals surface area contributed by atoms with Crippen LogP contribution in [0.1, 0.15) is 22.1 Å². The summed E-state index contributed by atoms with van der Waals surface area (Å²) in [6.45, 7) is 0. The number of halogens is 1. The Kier molecular flexibility index (Phi) is 3.08. The Bertz CT molecular complexity index is 625. The van der Waals surface area contributed by atoms with Gasteiger partial charge in [-0.2, -0.15) is 0 Å². The van der Waals surface area contributed by atoms with Gasteiger partial charge in [0.25, 0.3) is 0 Å². The molecule has 1 aromatic heterocycles. The fourth-order valence-corrected chi connectivity index (χ4v) is 3.07. The van der Waals surface area contributed by atoms with Crippen LogP contribution in [0.5, 0.6) is 0 Å². The Hall–Kier alpha value is -1.72. The zero-order valence-corrected chi connectivity index (χ0v) is 10.8. The number of anilines is 1. The molecule has 19 heavy (non-hydrogen) atoms. The molecule has 3 nitrogen and oxygen atoms in total. The van der Waals surface area contributed by atoms with Crippen LogP contribution in [-0.2, 0) is 17.6 Å². The van der Waals surface area contributed by atoms with Crippen molar-refractivity contribution >= 4 is 22.9 Å². The van der Waals surface area contributed by atoms with Crippen LogP contribution in [0.25, 0.3) is 0 Å². The predicted octanol–water partition coefficient (Wildman–Crippen LogP) is 2.66. The van der Waals surface area contributed by atoms with Gasteiger partial charge in [-0.05, 0) is 29.1 Å². The molecule has 0 bridgehead atoms. The van der Waals surface area contributed by atoms with E-state index in [0.29, 0.717) is 23.2 Å². The third-order valence-corrected chi connectivity index (χ3v) is 4.06. The first-order chi connectivity index (χ1) is 9.13. The van der Waals surface area contributed by atoms with Crippen LogP contribution in [0.15, 0.2) is 29.6 Å². The summed E-state index contributed by atoms with van der Waals surface area (Å²) in [6.07, 6.45) is -0.226. The van der Waals surface area contributed by atoms with Gasteiger partial charge < -0.3 is 10.4 Å². The second kappa shape index (κ2) is 4.75. The second-order valence-electron chi connectivity index (χ2n) is 4.55. The molecule has 0 saturated heterocycles. The second-order valence-corrected chi connectivity index (χ2v) is 5.59. The molecule has 5 heteroatoms. The molecule has 1 aliphatic heterocycles. The summed E-state index contributed by atoms with van der Waals surface area (Å²) in [5, 5.41) is 14.9. The summed E-state index contributed by atoms with van der Waals surface area (Å²) < 4.78 is 13.5. The number of carbonyl (C=O) groups is 1. The van der Waals surface area contributed by atoms with E-state index >= 15 is 0 Å². The molecule has 98 valence electrons. The highest BCUT2D eigenvalue weighted by molar-refractivity contribution is 7.09. The quantitative estimate of drug-likeness (QED) is 0.906. The number of fused-ring (bicyclic) bond motifs is 1. The molecular weight excluding hydrogens is 265 g/mol. The predicted molar refractivity (Wildman–Crippen MR) is 71.7 cm³/mol. The number of thiophene rings is 1. The number of carbonyl (C=O) groups excluding carboxylic acids is 1. The maximum Gasteiger partial charge on any atom is 0.228 e. The fourth-order valence-electron chi connectivity index (χ4n) is 2.33. The molecule has 2 aromatic rings. The van der Waals surface area contributed by atoms with Crippen LogP contribution in [0.3, 0.4) is 0 Å². The van der Waals surface area contributed by atoms with E-state index in [1.807, 2.05) is 17.5 Å². The van der Waals surface area contributed by atoms with Crippen molar-refractivity contribution in [3.63, 3.8) is 0 Å². The molecule has 1 atom stereocenters. The first-order valence-electron chi connectivity index (χ1n) is 5.96. The SMILES string of the molecule is O=C1Cc2cc(F)cc(C(O)Cc3cccs3)c2N1. The third-order valence-electron chi connectivity index (χ3n) is 3.16. The molecule has 2 heterocycles. The fraction of sp³-hybridized carbons (Fsp3) is 0.214. The van der Waals surface area contributed by atoms with Gasteiger partial charge in [-0.3, -0.25) is 4.79 Å². The van der Waals surface area contributed by atoms with E-state index in [1.165, 1.54) is 12.1 Å². The average Bonchev–Trinajstić information content (AvgIpc) is 2.96. The molecule has 3 rings (SSSR count). The van der Waals surface area contributed by atoms with E-state index < -0.39 is 11.9 Å². The molecule has 1 unspecified atom stereocenters. The first-order valence-corrected chi connectivity index (χ1v) is 6.84. The van der Waals surface area contributed by atoms with Crippen LogP contribution in [0.4, 0.5) is 10.1 Å². The molecule has 0 aliphatic carbocycles. The van der Waals surface area contributed by atoms with Crippen molar-refractivity contribution in [2.24, 2.45) is 0 Å². The van der Waals surface area contributed by atoms with Crippen LogP contribution < -0.4 is 5.32 Å². The molecular formula is C14H12FNO2S. The van der Waals surface area contributed by atoms with Gasteiger partial charge in [0.15, 0.2) is 0 Å². The lowest BCUT2D eigenvalue weighted by atomic mass is 10.00. The zero-order valence-electron chi connectivity index (χ0n) is 10.0. The zero-order chi connectivity index (χ0) is 13.4. The van der Waals surface area contributed by atoms with Gasteiger partial charge in [0.1, 0.15) is 5.82 Å². The molecule has 1 aliphatic rings. The van der Waals surface area contributed by atoms with Gasteiger partial charge in [-0.1, -0.05) is 6.07 Å².